The molecule has 2 heterocycles. The minimum absolute atomic E-state index is 0.109. The minimum Gasteiger partial charge on any atom is -0.490 e. The second-order valence-corrected chi connectivity index (χ2v) is 8.35. The summed E-state index contributed by atoms with van der Waals surface area (Å²) in [5.41, 5.74) is 2.96. The van der Waals surface area contributed by atoms with Gasteiger partial charge in [-0.05, 0) is 43.7 Å². The molecule has 0 N–H and O–H groups in total. The Hall–Kier alpha value is -2.79. The Bertz CT molecular complexity index is 1020. The van der Waals surface area contributed by atoms with Gasteiger partial charge in [-0.2, -0.15) is 0 Å². The molecule has 4 rings (SSSR count). The molecule has 5 heteroatoms. The van der Waals surface area contributed by atoms with Crippen LogP contribution < -0.4 is 4.74 Å². The molecule has 0 saturated carbocycles. The number of ether oxygens (including phenoxy) is 1. The summed E-state index contributed by atoms with van der Waals surface area (Å²) < 4.78 is 8.36. The molecule has 0 aliphatic carbocycles. The lowest BCUT2D eigenvalue weighted by Crippen LogP contribution is -2.48. The Morgan fingerprint density at radius 3 is 2.42 bits per heavy atom. The number of aromatic nitrogens is 1. The maximum Gasteiger partial charge on any atom is 0.270 e. The molecule has 1 aliphatic rings. The summed E-state index contributed by atoms with van der Waals surface area (Å²) in [6, 6.07) is 18.5. The van der Waals surface area contributed by atoms with Gasteiger partial charge in [-0.1, -0.05) is 50.2 Å². The highest BCUT2D eigenvalue weighted by molar-refractivity contribution is 6.00. The predicted octanol–water partition coefficient (Wildman–Crippen LogP) is 4.64. The molecule has 1 unspecified atom stereocenters. The van der Waals surface area contributed by atoms with E-state index >= 15 is 0 Å². The van der Waals surface area contributed by atoms with E-state index in [1.54, 1.807) is 0 Å². The molecule has 1 amide bonds. The van der Waals surface area contributed by atoms with Crippen LogP contribution in [0.3, 0.4) is 0 Å². The number of piperazine rings is 1. The summed E-state index contributed by atoms with van der Waals surface area (Å²) >= 11 is 0. The number of likely N-dealkylation sites (N-methyl/N-ethyl adjacent to an activating group) is 1. The first-order valence-electron chi connectivity index (χ1n) is 11.4. The van der Waals surface area contributed by atoms with Crippen molar-refractivity contribution in [3.63, 3.8) is 0 Å². The van der Waals surface area contributed by atoms with Crippen molar-refractivity contribution in [1.82, 2.24) is 14.4 Å². The van der Waals surface area contributed by atoms with E-state index in [1.807, 2.05) is 41.3 Å². The largest absolute Gasteiger partial charge is 0.490 e. The number of fused-ring (bicyclic) bond motifs is 1. The highest BCUT2D eigenvalue weighted by atomic mass is 16.5. The number of hydrogen-bond acceptors (Lipinski definition) is 3. The molecular weight excluding hydrogens is 386 g/mol. The van der Waals surface area contributed by atoms with Crippen molar-refractivity contribution in [2.75, 3.05) is 32.7 Å². The Morgan fingerprint density at radius 2 is 1.74 bits per heavy atom. The van der Waals surface area contributed by atoms with Gasteiger partial charge >= 0.3 is 0 Å². The molecular formula is C26H33N3O2. The summed E-state index contributed by atoms with van der Waals surface area (Å²) in [6.07, 6.45) is 1.07. The van der Waals surface area contributed by atoms with Gasteiger partial charge in [0.1, 0.15) is 11.4 Å². The van der Waals surface area contributed by atoms with Gasteiger partial charge in [0.2, 0.25) is 0 Å². The topological polar surface area (TPSA) is 37.7 Å². The van der Waals surface area contributed by atoms with E-state index in [2.05, 4.69) is 48.4 Å². The third-order valence-corrected chi connectivity index (χ3v) is 6.32. The van der Waals surface area contributed by atoms with Gasteiger partial charge in [-0.3, -0.25) is 4.79 Å². The average Bonchev–Trinajstić information content (AvgIpc) is 3.18. The zero-order chi connectivity index (χ0) is 21.8. The van der Waals surface area contributed by atoms with E-state index in [9.17, 15) is 4.79 Å². The number of amides is 1. The van der Waals surface area contributed by atoms with Crippen molar-refractivity contribution in [3.8, 4) is 5.75 Å². The van der Waals surface area contributed by atoms with Crippen LogP contribution in [-0.2, 0) is 6.54 Å². The third kappa shape index (κ3) is 4.62. The molecule has 5 nitrogen and oxygen atoms in total. The van der Waals surface area contributed by atoms with E-state index in [-0.39, 0.29) is 12.0 Å². The smallest absolute Gasteiger partial charge is 0.270 e. The molecule has 1 aliphatic heterocycles. The van der Waals surface area contributed by atoms with Crippen LogP contribution in [0.15, 0.2) is 54.6 Å². The van der Waals surface area contributed by atoms with Crippen molar-refractivity contribution >= 4 is 16.8 Å². The van der Waals surface area contributed by atoms with E-state index in [0.717, 1.165) is 61.5 Å². The van der Waals surface area contributed by atoms with Crippen LogP contribution in [0.5, 0.6) is 5.75 Å². The van der Waals surface area contributed by atoms with Gasteiger partial charge in [0, 0.05) is 38.1 Å². The molecule has 1 atom stereocenters. The third-order valence-electron chi connectivity index (χ3n) is 6.32. The minimum atomic E-state index is 0.109. The molecule has 0 spiro atoms. The number of rotatable bonds is 7. The number of nitrogens with zero attached hydrogens (tertiary/aromatic N) is 3. The lowest BCUT2D eigenvalue weighted by atomic mass is 10.2. The lowest BCUT2D eigenvalue weighted by molar-refractivity contribution is 0.0633. The van der Waals surface area contributed by atoms with Crippen molar-refractivity contribution in [2.24, 2.45) is 0 Å². The average molecular weight is 420 g/mol. The number of hydrogen-bond donors (Lipinski definition) is 0. The Morgan fingerprint density at radius 1 is 1.00 bits per heavy atom. The fourth-order valence-corrected chi connectivity index (χ4v) is 4.20. The molecule has 31 heavy (non-hydrogen) atoms. The van der Waals surface area contributed by atoms with Gasteiger partial charge in [0.05, 0.1) is 11.6 Å². The summed E-state index contributed by atoms with van der Waals surface area (Å²) in [6.45, 7) is 11.5. The highest BCUT2D eigenvalue weighted by Gasteiger charge is 2.26. The van der Waals surface area contributed by atoms with Crippen LogP contribution in [0.2, 0.25) is 0 Å². The zero-order valence-corrected chi connectivity index (χ0v) is 18.9. The summed E-state index contributed by atoms with van der Waals surface area (Å²) in [5.74, 6) is 0.959. The molecule has 1 saturated heterocycles. The number of carbonyl (C=O) groups is 1. The van der Waals surface area contributed by atoms with Gasteiger partial charge in [0.15, 0.2) is 0 Å². The van der Waals surface area contributed by atoms with Crippen LogP contribution in [0.25, 0.3) is 10.9 Å². The summed E-state index contributed by atoms with van der Waals surface area (Å²) in [7, 11) is 0. The molecule has 0 radical (unpaired) electrons. The molecule has 2 aromatic carbocycles. The standard InChI is InChI=1S/C26H33N3O2/c1-4-20(3)31-25-13-9-12-23-22(25)18-24(29(23)19-21-10-7-6-8-11-21)26(30)28-16-14-27(5-2)15-17-28/h6-13,18,20H,4-5,14-17,19H2,1-3H3. The van der Waals surface area contributed by atoms with Crippen molar-refractivity contribution in [3.05, 3.63) is 65.9 Å². The van der Waals surface area contributed by atoms with Gasteiger partial charge in [-0.15, -0.1) is 0 Å². The first-order chi connectivity index (χ1) is 15.1. The van der Waals surface area contributed by atoms with Crippen LogP contribution in [0, 0.1) is 0 Å². The van der Waals surface area contributed by atoms with E-state index < -0.39 is 0 Å². The van der Waals surface area contributed by atoms with Crippen LogP contribution in [0.1, 0.15) is 43.2 Å². The fourth-order valence-electron chi connectivity index (χ4n) is 4.20. The summed E-state index contributed by atoms with van der Waals surface area (Å²) in [4.78, 5) is 18.0. The van der Waals surface area contributed by atoms with Gasteiger partial charge in [0.25, 0.3) is 5.91 Å². The fraction of sp³-hybridized carbons (Fsp3) is 0.423. The lowest BCUT2D eigenvalue weighted by Gasteiger charge is -2.34. The second-order valence-electron chi connectivity index (χ2n) is 8.35. The van der Waals surface area contributed by atoms with E-state index in [4.69, 9.17) is 4.74 Å². The zero-order valence-electron chi connectivity index (χ0n) is 18.9. The second kappa shape index (κ2) is 9.56. The van der Waals surface area contributed by atoms with Crippen molar-refractivity contribution in [1.29, 1.82) is 0 Å². The molecule has 1 aromatic heterocycles. The Labute approximate surface area is 185 Å². The number of carbonyl (C=O) groups excluding carboxylic acids is 1. The first kappa shape index (κ1) is 21.4. The van der Waals surface area contributed by atoms with Gasteiger partial charge in [-0.25, -0.2) is 0 Å². The van der Waals surface area contributed by atoms with Crippen LogP contribution in [-0.4, -0.2) is 59.1 Å². The summed E-state index contributed by atoms with van der Waals surface area (Å²) in [5, 5.41) is 1.01. The van der Waals surface area contributed by atoms with E-state index in [0.29, 0.717) is 6.54 Å². The highest BCUT2D eigenvalue weighted by Crippen LogP contribution is 2.31. The Kier molecular flexibility index (Phi) is 6.62. The van der Waals surface area contributed by atoms with Gasteiger partial charge < -0.3 is 19.1 Å². The normalized spacial score (nSPS) is 15.9. The first-order valence-corrected chi connectivity index (χ1v) is 11.4. The van der Waals surface area contributed by atoms with Crippen LogP contribution >= 0.6 is 0 Å². The molecule has 164 valence electrons. The van der Waals surface area contributed by atoms with Crippen LogP contribution in [0.4, 0.5) is 0 Å². The monoisotopic (exact) mass is 419 g/mol. The number of benzene rings is 2. The van der Waals surface area contributed by atoms with E-state index in [1.165, 1.54) is 5.56 Å². The molecule has 3 aromatic rings. The Balaban J connectivity index is 1.74. The quantitative estimate of drug-likeness (QED) is 0.560. The molecule has 1 fully saturated rings. The SMILES string of the molecule is CCC(C)Oc1cccc2c1cc(C(=O)N1CCN(CC)CC1)n2Cc1ccccc1. The van der Waals surface area contributed by atoms with Crippen molar-refractivity contribution in [2.45, 2.75) is 39.8 Å². The predicted molar refractivity (Wildman–Crippen MR) is 126 cm³/mol. The maximum atomic E-state index is 13.6. The van der Waals surface area contributed by atoms with Crippen molar-refractivity contribution < 1.29 is 9.53 Å². The maximum absolute atomic E-state index is 13.6. The molecule has 0 bridgehead atoms.